The highest BCUT2D eigenvalue weighted by Crippen LogP contribution is 2.26. The van der Waals surface area contributed by atoms with Crippen LogP contribution in [0.25, 0.3) is 0 Å². The standard InChI is InChI=1S/C13H21N3/c1-5-8-16(13(2,3)4)12-6-7-15-10-11(12)9-14/h5-7,10H,1,8-9,14H2,2-4H3. The van der Waals surface area contributed by atoms with E-state index in [0.717, 1.165) is 17.8 Å². The summed E-state index contributed by atoms with van der Waals surface area (Å²) >= 11 is 0. The molecule has 88 valence electrons. The summed E-state index contributed by atoms with van der Waals surface area (Å²) in [6, 6.07) is 2.01. The van der Waals surface area contributed by atoms with Gasteiger partial charge in [0.25, 0.3) is 0 Å². The van der Waals surface area contributed by atoms with Crippen LogP contribution in [0.1, 0.15) is 26.3 Å². The van der Waals surface area contributed by atoms with Crippen LogP contribution in [0.5, 0.6) is 0 Å². The van der Waals surface area contributed by atoms with Gasteiger partial charge in [-0.25, -0.2) is 0 Å². The number of hydrogen-bond acceptors (Lipinski definition) is 3. The Morgan fingerprint density at radius 3 is 2.69 bits per heavy atom. The van der Waals surface area contributed by atoms with Crippen LogP contribution in [-0.2, 0) is 6.54 Å². The molecule has 3 nitrogen and oxygen atoms in total. The van der Waals surface area contributed by atoms with Gasteiger partial charge < -0.3 is 10.6 Å². The van der Waals surface area contributed by atoms with Crippen molar-refractivity contribution < 1.29 is 0 Å². The van der Waals surface area contributed by atoms with Gasteiger partial charge in [0.2, 0.25) is 0 Å². The monoisotopic (exact) mass is 219 g/mol. The van der Waals surface area contributed by atoms with Crippen LogP contribution in [0.15, 0.2) is 31.1 Å². The zero-order valence-corrected chi connectivity index (χ0v) is 10.4. The average Bonchev–Trinajstić information content (AvgIpc) is 2.24. The minimum Gasteiger partial charge on any atom is -0.363 e. The van der Waals surface area contributed by atoms with Crippen molar-refractivity contribution >= 4 is 5.69 Å². The lowest BCUT2D eigenvalue weighted by atomic mass is 10.0. The van der Waals surface area contributed by atoms with E-state index in [1.807, 2.05) is 18.3 Å². The van der Waals surface area contributed by atoms with Crippen LogP contribution in [0.2, 0.25) is 0 Å². The van der Waals surface area contributed by atoms with Crippen molar-refractivity contribution in [3.05, 3.63) is 36.7 Å². The normalized spacial score (nSPS) is 11.2. The van der Waals surface area contributed by atoms with Gasteiger partial charge in [0, 0.05) is 42.3 Å². The van der Waals surface area contributed by atoms with Gasteiger partial charge in [-0.05, 0) is 26.8 Å². The van der Waals surface area contributed by atoms with Crippen molar-refractivity contribution in [2.45, 2.75) is 32.9 Å². The highest BCUT2D eigenvalue weighted by atomic mass is 15.2. The number of nitrogens with zero attached hydrogens (tertiary/aromatic N) is 2. The Hall–Kier alpha value is -1.35. The van der Waals surface area contributed by atoms with Gasteiger partial charge in [-0.1, -0.05) is 6.08 Å². The predicted molar refractivity (Wildman–Crippen MR) is 69.4 cm³/mol. The third-order valence-electron chi connectivity index (χ3n) is 2.51. The van der Waals surface area contributed by atoms with Crippen LogP contribution in [0, 0.1) is 0 Å². The SMILES string of the molecule is C=CCN(c1ccncc1CN)C(C)(C)C. The highest BCUT2D eigenvalue weighted by molar-refractivity contribution is 5.54. The Morgan fingerprint density at radius 2 is 2.19 bits per heavy atom. The largest absolute Gasteiger partial charge is 0.363 e. The molecule has 0 radical (unpaired) electrons. The molecule has 0 spiro atoms. The van der Waals surface area contributed by atoms with Crippen molar-refractivity contribution in [1.82, 2.24) is 4.98 Å². The lowest BCUT2D eigenvalue weighted by molar-refractivity contribution is 0.520. The number of aromatic nitrogens is 1. The molecule has 0 aliphatic heterocycles. The minimum atomic E-state index is 0.0411. The summed E-state index contributed by atoms with van der Waals surface area (Å²) in [7, 11) is 0. The van der Waals surface area contributed by atoms with Gasteiger partial charge in [-0.15, -0.1) is 6.58 Å². The maximum atomic E-state index is 5.74. The molecule has 0 fully saturated rings. The summed E-state index contributed by atoms with van der Waals surface area (Å²) < 4.78 is 0. The molecule has 0 amide bonds. The molecule has 16 heavy (non-hydrogen) atoms. The van der Waals surface area contributed by atoms with Crippen LogP contribution in [0.3, 0.4) is 0 Å². The van der Waals surface area contributed by atoms with Crippen molar-refractivity contribution in [2.75, 3.05) is 11.4 Å². The number of hydrogen-bond donors (Lipinski definition) is 1. The average molecular weight is 219 g/mol. The molecule has 2 N–H and O–H groups in total. The second-order valence-corrected chi connectivity index (χ2v) is 4.78. The molecule has 1 rings (SSSR count). The van der Waals surface area contributed by atoms with E-state index in [0.29, 0.717) is 6.54 Å². The van der Waals surface area contributed by atoms with E-state index in [9.17, 15) is 0 Å². The minimum absolute atomic E-state index is 0.0411. The van der Waals surface area contributed by atoms with Crippen molar-refractivity contribution in [3.63, 3.8) is 0 Å². The van der Waals surface area contributed by atoms with Gasteiger partial charge in [0.15, 0.2) is 0 Å². The van der Waals surface area contributed by atoms with E-state index >= 15 is 0 Å². The molecule has 0 unspecified atom stereocenters. The van der Waals surface area contributed by atoms with E-state index in [-0.39, 0.29) is 5.54 Å². The predicted octanol–water partition coefficient (Wildman–Crippen LogP) is 2.33. The fourth-order valence-electron chi connectivity index (χ4n) is 1.70. The van der Waals surface area contributed by atoms with Crippen molar-refractivity contribution in [1.29, 1.82) is 0 Å². The second kappa shape index (κ2) is 5.12. The summed E-state index contributed by atoms with van der Waals surface area (Å²) in [4.78, 5) is 6.39. The maximum Gasteiger partial charge on any atom is 0.0449 e. The van der Waals surface area contributed by atoms with E-state index < -0.39 is 0 Å². The summed E-state index contributed by atoms with van der Waals surface area (Å²) in [5, 5.41) is 0. The molecule has 1 heterocycles. The summed E-state index contributed by atoms with van der Waals surface area (Å²) in [6.45, 7) is 11.7. The first kappa shape index (κ1) is 12.7. The fraction of sp³-hybridized carbons (Fsp3) is 0.462. The fourth-order valence-corrected chi connectivity index (χ4v) is 1.70. The Kier molecular flexibility index (Phi) is 4.07. The summed E-state index contributed by atoms with van der Waals surface area (Å²) in [5.41, 5.74) is 7.99. The topological polar surface area (TPSA) is 42.2 Å². The van der Waals surface area contributed by atoms with Crippen LogP contribution >= 0.6 is 0 Å². The number of rotatable bonds is 4. The van der Waals surface area contributed by atoms with Gasteiger partial charge in [0.1, 0.15) is 0 Å². The molecule has 0 aliphatic rings. The van der Waals surface area contributed by atoms with Gasteiger partial charge in [-0.3, -0.25) is 4.98 Å². The van der Waals surface area contributed by atoms with E-state index in [1.54, 1.807) is 6.20 Å². The zero-order chi connectivity index (χ0) is 12.2. The smallest absolute Gasteiger partial charge is 0.0449 e. The highest BCUT2D eigenvalue weighted by Gasteiger charge is 2.22. The number of nitrogens with two attached hydrogens (primary N) is 1. The summed E-state index contributed by atoms with van der Waals surface area (Å²) in [6.07, 6.45) is 5.54. The molecule has 0 saturated heterocycles. The maximum absolute atomic E-state index is 5.74. The molecule has 1 aromatic heterocycles. The molecule has 0 atom stereocenters. The molecule has 0 saturated carbocycles. The third kappa shape index (κ3) is 2.83. The Labute approximate surface area is 98.0 Å². The zero-order valence-electron chi connectivity index (χ0n) is 10.4. The van der Waals surface area contributed by atoms with Crippen molar-refractivity contribution in [3.8, 4) is 0 Å². The third-order valence-corrected chi connectivity index (χ3v) is 2.51. The first-order valence-corrected chi connectivity index (χ1v) is 5.52. The molecular weight excluding hydrogens is 198 g/mol. The lowest BCUT2D eigenvalue weighted by Gasteiger charge is -2.38. The quantitative estimate of drug-likeness (QED) is 0.790. The van der Waals surface area contributed by atoms with E-state index in [1.165, 1.54) is 0 Å². The van der Waals surface area contributed by atoms with Gasteiger partial charge >= 0.3 is 0 Å². The second-order valence-electron chi connectivity index (χ2n) is 4.78. The Balaban J connectivity index is 3.15. The first-order valence-electron chi connectivity index (χ1n) is 5.52. The molecular formula is C13H21N3. The number of pyridine rings is 1. The number of anilines is 1. The summed E-state index contributed by atoms with van der Waals surface area (Å²) in [5.74, 6) is 0. The van der Waals surface area contributed by atoms with Crippen LogP contribution in [-0.4, -0.2) is 17.1 Å². The molecule has 0 aliphatic carbocycles. The Morgan fingerprint density at radius 1 is 1.50 bits per heavy atom. The van der Waals surface area contributed by atoms with E-state index in [4.69, 9.17) is 5.73 Å². The molecule has 0 aromatic carbocycles. The van der Waals surface area contributed by atoms with Crippen molar-refractivity contribution in [2.24, 2.45) is 5.73 Å². The Bertz CT molecular complexity index is 352. The molecule has 1 aromatic rings. The molecule has 0 bridgehead atoms. The van der Waals surface area contributed by atoms with Gasteiger partial charge in [0.05, 0.1) is 0 Å². The van der Waals surface area contributed by atoms with Crippen LogP contribution < -0.4 is 10.6 Å². The lowest BCUT2D eigenvalue weighted by Crippen LogP contribution is -2.42. The van der Waals surface area contributed by atoms with E-state index in [2.05, 4.69) is 37.2 Å². The molecule has 3 heteroatoms. The first-order chi connectivity index (χ1) is 7.50. The van der Waals surface area contributed by atoms with Gasteiger partial charge in [-0.2, -0.15) is 0 Å². The van der Waals surface area contributed by atoms with Crippen LogP contribution in [0.4, 0.5) is 5.69 Å².